The van der Waals surface area contributed by atoms with Gasteiger partial charge in [-0.2, -0.15) is 0 Å². The molecule has 18 heavy (non-hydrogen) atoms. The zero-order chi connectivity index (χ0) is 13.5. The van der Waals surface area contributed by atoms with E-state index in [0.29, 0.717) is 6.42 Å². The number of carbonyl (C=O) groups is 2. The van der Waals surface area contributed by atoms with Crippen LogP contribution < -0.4 is 10.7 Å². The maximum absolute atomic E-state index is 12.0. The van der Waals surface area contributed by atoms with E-state index in [1.165, 1.54) is 6.42 Å². The molecule has 0 saturated carbocycles. The van der Waals surface area contributed by atoms with Crippen LogP contribution in [0.4, 0.5) is 4.79 Å². The van der Waals surface area contributed by atoms with Crippen LogP contribution in [-0.4, -0.2) is 41.2 Å². The number of amides is 2. The van der Waals surface area contributed by atoms with Crippen molar-refractivity contribution in [3.05, 3.63) is 0 Å². The Balaban J connectivity index is 2.48. The monoisotopic (exact) mass is 257 g/mol. The molecule has 1 aliphatic rings. The van der Waals surface area contributed by atoms with Crippen LogP contribution in [0.5, 0.6) is 0 Å². The van der Waals surface area contributed by atoms with Crippen molar-refractivity contribution in [1.29, 1.82) is 0 Å². The molecule has 0 aromatic carbocycles. The van der Waals surface area contributed by atoms with Gasteiger partial charge in [0.1, 0.15) is 6.04 Å². The minimum Gasteiger partial charge on any atom is -0.465 e. The van der Waals surface area contributed by atoms with Gasteiger partial charge >= 0.3 is 6.09 Å². The predicted octanol–water partition coefficient (Wildman–Crippen LogP) is 1.19. The van der Waals surface area contributed by atoms with Gasteiger partial charge in [-0.3, -0.25) is 10.2 Å². The smallest absolute Gasteiger partial charge is 0.405 e. The van der Waals surface area contributed by atoms with Crippen molar-refractivity contribution in [2.75, 3.05) is 13.1 Å². The van der Waals surface area contributed by atoms with Crippen LogP contribution in [-0.2, 0) is 4.79 Å². The van der Waals surface area contributed by atoms with Gasteiger partial charge in [0.15, 0.2) is 0 Å². The molecule has 1 atom stereocenters. The van der Waals surface area contributed by atoms with E-state index in [4.69, 9.17) is 5.11 Å². The van der Waals surface area contributed by atoms with Gasteiger partial charge < -0.3 is 10.4 Å². The van der Waals surface area contributed by atoms with Crippen LogP contribution in [0.25, 0.3) is 0 Å². The lowest BCUT2D eigenvalue weighted by Crippen LogP contribution is -2.53. The Labute approximate surface area is 108 Å². The zero-order valence-corrected chi connectivity index (χ0v) is 11.1. The summed E-state index contributed by atoms with van der Waals surface area (Å²) in [5.41, 5.74) is 2.80. The topological polar surface area (TPSA) is 81.7 Å². The van der Waals surface area contributed by atoms with E-state index in [9.17, 15) is 9.59 Å². The van der Waals surface area contributed by atoms with Gasteiger partial charge in [-0.15, -0.1) is 0 Å². The fourth-order valence-corrected chi connectivity index (χ4v) is 2.09. The molecule has 1 heterocycles. The minimum atomic E-state index is -1.16. The Morgan fingerprint density at radius 3 is 2.33 bits per heavy atom. The highest BCUT2D eigenvalue weighted by atomic mass is 16.4. The molecule has 1 aliphatic heterocycles. The molecule has 0 aromatic rings. The van der Waals surface area contributed by atoms with Crippen LogP contribution in [0.2, 0.25) is 0 Å². The first-order valence-electron chi connectivity index (χ1n) is 6.54. The molecule has 1 rings (SSSR count). The molecule has 0 unspecified atom stereocenters. The molecule has 6 heteroatoms. The summed E-state index contributed by atoms with van der Waals surface area (Å²) in [6.45, 7) is 5.61. The summed E-state index contributed by atoms with van der Waals surface area (Å²) >= 11 is 0. The fourth-order valence-electron chi connectivity index (χ4n) is 2.09. The van der Waals surface area contributed by atoms with Crippen molar-refractivity contribution >= 4 is 12.0 Å². The van der Waals surface area contributed by atoms with Crippen molar-refractivity contribution in [2.24, 2.45) is 5.92 Å². The van der Waals surface area contributed by atoms with Crippen molar-refractivity contribution in [3.8, 4) is 0 Å². The Morgan fingerprint density at radius 1 is 1.22 bits per heavy atom. The number of rotatable bonds is 5. The van der Waals surface area contributed by atoms with Crippen LogP contribution in [0.15, 0.2) is 0 Å². The first-order chi connectivity index (χ1) is 8.49. The maximum Gasteiger partial charge on any atom is 0.405 e. The summed E-state index contributed by atoms with van der Waals surface area (Å²) in [6.07, 6.45) is 2.68. The second kappa shape index (κ2) is 7.20. The van der Waals surface area contributed by atoms with Gasteiger partial charge in [-0.1, -0.05) is 20.3 Å². The average Bonchev–Trinajstić information content (AvgIpc) is 2.28. The lowest BCUT2D eigenvalue weighted by atomic mass is 10.0. The molecule has 6 nitrogen and oxygen atoms in total. The lowest BCUT2D eigenvalue weighted by Gasteiger charge is -2.29. The van der Waals surface area contributed by atoms with E-state index < -0.39 is 12.1 Å². The number of nitrogens with zero attached hydrogens (tertiary/aromatic N) is 1. The highest BCUT2D eigenvalue weighted by Crippen LogP contribution is 2.08. The molecular weight excluding hydrogens is 234 g/mol. The van der Waals surface area contributed by atoms with Gasteiger partial charge in [-0.05, 0) is 25.2 Å². The molecule has 0 spiro atoms. The van der Waals surface area contributed by atoms with E-state index in [1.54, 1.807) is 0 Å². The van der Waals surface area contributed by atoms with E-state index in [2.05, 4.69) is 10.7 Å². The minimum absolute atomic E-state index is 0.256. The van der Waals surface area contributed by atoms with Crippen LogP contribution in [0.1, 0.15) is 39.5 Å². The largest absolute Gasteiger partial charge is 0.465 e. The number of hydrogen-bond donors (Lipinski definition) is 3. The molecule has 1 saturated heterocycles. The van der Waals surface area contributed by atoms with Crippen molar-refractivity contribution in [2.45, 2.75) is 45.6 Å². The Morgan fingerprint density at radius 2 is 1.83 bits per heavy atom. The average molecular weight is 257 g/mol. The number of carboxylic acid groups (broad SMARTS) is 1. The van der Waals surface area contributed by atoms with Crippen molar-refractivity contribution in [1.82, 2.24) is 15.8 Å². The van der Waals surface area contributed by atoms with E-state index in [0.717, 1.165) is 25.9 Å². The maximum atomic E-state index is 12.0. The summed E-state index contributed by atoms with van der Waals surface area (Å²) in [7, 11) is 0. The summed E-state index contributed by atoms with van der Waals surface area (Å²) < 4.78 is 0. The van der Waals surface area contributed by atoms with E-state index in [-0.39, 0.29) is 11.8 Å². The molecule has 1 fully saturated rings. The summed E-state index contributed by atoms with van der Waals surface area (Å²) in [5, 5.41) is 12.9. The molecule has 0 aromatic heterocycles. The number of piperidine rings is 1. The first kappa shape index (κ1) is 14.8. The van der Waals surface area contributed by atoms with Gasteiger partial charge in [0.25, 0.3) is 5.91 Å². The Hall–Kier alpha value is -1.30. The molecular formula is C12H23N3O3. The molecule has 0 bridgehead atoms. The van der Waals surface area contributed by atoms with Gasteiger partial charge in [0, 0.05) is 13.1 Å². The van der Waals surface area contributed by atoms with Gasteiger partial charge in [0.05, 0.1) is 0 Å². The van der Waals surface area contributed by atoms with Crippen molar-refractivity contribution in [3.63, 3.8) is 0 Å². The second-order valence-electron chi connectivity index (χ2n) is 5.16. The lowest BCUT2D eigenvalue weighted by molar-refractivity contribution is -0.128. The number of hydrogen-bond acceptors (Lipinski definition) is 3. The zero-order valence-electron chi connectivity index (χ0n) is 11.1. The third-order valence-electron chi connectivity index (χ3n) is 2.95. The number of nitrogens with one attached hydrogen (secondary N) is 2. The van der Waals surface area contributed by atoms with Crippen molar-refractivity contribution < 1.29 is 14.7 Å². The fraction of sp³-hybridized carbons (Fsp3) is 0.833. The van der Waals surface area contributed by atoms with Gasteiger partial charge in [0.2, 0.25) is 0 Å². The second-order valence-corrected chi connectivity index (χ2v) is 5.16. The molecule has 2 amide bonds. The number of hydrazine groups is 1. The van der Waals surface area contributed by atoms with E-state index in [1.807, 2.05) is 18.9 Å². The highest BCUT2D eigenvalue weighted by molar-refractivity contribution is 5.84. The third kappa shape index (κ3) is 5.35. The predicted molar refractivity (Wildman–Crippen MR) is 68.0 cm³/mol. The standard InChI is InChI=1S/C12H23N3O3/c1-9(2)8-10(13-12(17)18)11(16)14-15-6-4-3-5-7-15/h9-10,13H,3-8H2,1-2H3,(H,14,16)(H,17,18)/t10-/m0/s1. The van der Waals surface area contributed by atoms with Crippen LogP contribution >= 0.6 is 0 Å². The molecule has 3 N–H and O–H groups in total. The third-order valence-corrected chi connectivity index (χ3v) is 2.95. The summed E-state index contributed by atoms with van der Waals surface area (Å²) in [5.74, 6) is 0.00181. The van der Waals surface area contributed by atoms with Gasteiger partial charge in [-0.25, -0.2) is 9.80 Å². The first-order valence-corrected chi connectivity index (χ1v) is 6.54. The van der Waals surface area contributed by atoms with E-state index >= 15 is 0 Å². The normalized spacial score (nSPS) is 18.4. The van der Waals surface area contributed by atoms with Crippen LogP contribution in [0, 0.1) is 5.92 Å². The number of carbonyl (C=O) groups excluding carboxylic acids is 1. The Bertz CT molecular complexity index is 288. The summed E-state index contributed by atoms with van der Waals surface area (Å²) in [4.78, 5) is 22.7. The molecule has 0 radical (unpaired) electrons. The molecule has 104 valence electrons. The highest BCUT2D eigenvalue weighted by Gasteiger charge is 2.23. The Kier molecular flexibility index (Phi) is 5.91. The molecule has 0 aliphatic carbocycles. The SMILES string of the molecule is CC(C)C[C@H](NC(=O)O)C(=O)NN1CCCCC1. The summed E-state index contributed by atoms with van der Waals surface area (Å²) in [6, 6.07) is -0.676. The quantitative estimate of drug-likeness (QED) is 0.691. The van der Waals surface area contributed by atoms with Crippen LogP contribution in [0.3, 0.4) is 0 Å².